The van der Waals surface area contributed by atoms with Gasteiger partial charge in [-0.25, -0.2) is 0 Å². The van der Waals surface area contributed by atoms with Gasteiger partial charge < -0.3 is 10.5 Å². The maximum Gasteiger partial charge on any atom is 0.234 e. The van der Waals surface area contributed by atoms with Gasteiger partial charge in [0, 0.05) is 12.5 Å². The third-order valence-corrected chi connectivity index (χ3v) is 5.35. The Bertz CT molecular complexity index is 609. The smallest absolute Gasteiger partial charge is 0.234 e. The fraction of sp³-hybridized carbons (Fsp3) is 0.750. The molecule has 0 spiro atoms. The normalized spacial score (nSPS) is 26.9. The van der Waals surface area contributed by atoms with E-state index in [1.807, 2.05) is 4.52 Å². The minimum atomic E-state index is -0.325. The summed E-state index contributed by atoms with van der Waals surface area (Å²) in [5, 5.41) is 14.1. The van der Waals surface area contributed by atoms with Gasteiger partial charge in [0.2, 0.25) is 4.96 Å². The second kappa shape index (κ2) is 3.97. The molecule has 2 aliphatic rings. The maximum atomic E-state index is 6.43. The van der Waals surface area contributed by atoms with Crippen LogP contribution in [0.15, 0.2) is 0 Å². The molecule has 6 nitrogen and oxygen atoms in total. The number of nitrogens with two attached hydrogens (primary N) is 1. The highest BCUT2D eigenvalue weighted by molar-refractivity contribution is 7.16. The largest absolute Gasteiger partial charge is 0.381 e. The van der Waals surface area contributed by atoms with Gasteiger partial charge in [-0.15, -0.1) is 10.2 Å². The van der Waals surface area contributed by atoms with Crippen molar-refractivity contribution in [1.29, 1.82) is 0 Å². The summed E-state index contributed by atoms with van der Waals surface area (Å²) in [7, 11) is 0. The SMILES string of the molecule is CC(N)(c1nn2c(C3CCOC3)nnc2s1)C1CC1. The molecule has 2 fully saturated rings. The molecule has 2 aromatic rings. The van der Waals surface area contributed by atoms with Crippen LogP contribution in [0.5, 0.6) is 0 Å². The van der Waals surface area contributed by atoms with Gasteiger partial charge in [0.15, 0.2) is 5.82 Å². The Morgan fingerprint density at radius 2 is 2.21 bits per heavy atom. The molecule has 0 radical (unpaired) electrons. The van der Waals surface area contributed by atoms with E-state index in [9.17, 15) is 0 Å². The Labute approximate surface area is 115 Å². The first-order chi connectivity index (χ1) is 9.16. The first kappa shape index (κ1) is 11.7. The quantitative estimate of drug-likeness (QED) is 0.915. The average Bonchev–Trinajstić information content (AvgIpc) is 2.82. The predicted molar refractivity (Wildman–Crippen MR) is 71.1 cm³/mol. The van der Waals surface area contributed by atoms with Crippen LogP contribution in [-0.4, -0.2) is 33.0 Å². The van der Waals surface area contributed by atoms with Crippen molar-refractivity contribution in [3.05, 3.63) is 10.8 Å². The molecule has 2 unspecified atom stereocenters. The van der Waals surface area contributed by atoms with Crippen LogP contribution in [0.25, 0.3) is 4.96 Å². The standard InChI is InChI=1S/C12H17N5OS/c1-12(13,8-2-3-8)10-16-17-9(7-4-5-18-6-7)14-15-11(17)19-10/h7-8H,2-6,13H2,1H3. The molecule has 0 amide bonds. The van der Waals surface area contributed by atoms with Crippen LogP contribution in [0, 0.1) is 5.92 Å². The Kier molecular flexibility index (Phi) is 2.46. The van der Waals surface area contributed by atoms with Gasteiger partial charge in [-0.2, -0.15) is 9.61 Å². The van der Waals surface area contributed by atoms with E-state index in [1.165, 1.54) is 12.8 Å². The van der Waals surface area contributed by atoms with Crippen LogP contribution in [0.3, 0.4) is 0 Å². The summed E-state index contributed by atoms with van der Waals surface area (Å²) in [6, 6.07) is 0. The van der Waals surface area contributed by atoms with Crippen molar-refractivity contribution in [3.8, 4) is 0 Å². The molecule has 1 saturated carbocycles. The van der Waals surface area contributed by atoms with Crippen LogP contribution in [-0.2, 0) is 10.3 Å². The van der Waals surface area contributed by atoms with Crippen LogP contribution < -0.4 is 5.73 Å². The summed E-state index contributed by atoms with van der Waals surface area (Å²) < 4.78 is 7.29. The highest BCUT2D eigenvalue weighted by Gasteiger charge is 2.42. The second-order valence-corrected chi connectivity index (χ2v) is 6.73. The monoisotopic (exact) mass is 279 g/mol. The molecule has 7 heteroatoms. The minimum Gasteiger partial charge on any atom is -0.381 e. The Morgan fingerprint density at radius 1 is 1.37 bits per heavy atom. The molecule has 19 heavy (non-hydrogen) atoms. The molecular formula is C12H17N5OS. The lowest BCUT2D eigenvalue weighted by Crippen LogP contribution is -2.35. The van der Waals surface area contributed by atoms with E-state index in [2.05, 4.69) is 22.2 Å². The van der Waals surface area contributed by atoms with Crippen molar-refractivity contribution >= 4 is 16.3 Å². The fourth-order valence-electron chi connectivity index (χ4n) is 2.70. The number of hydrogen-bond donors (Lipinski definition) is 1. The molecule has 102 valence electrons. The van der Waals surface area contributed by atoms with Crippen molar-refractivity contribution in [3.63, 3.8) is 0 Å². The van der Waals surface area contributed by atoms with E-state index in [0.717, 1.165) is 35.4 Å². The van der Waals surface area contributed by atoms with Gasteiger partial charge in [-0.05, 0) is 32.1 Å². The molecule has 2 aromatic heterocycles. The van der Waals surface area contributed by atoms with E-state index < -0.39 is 0 Å². The molecular weight excluding hydrogens is 262 g/mol. The van der Waals surface area contributed by atoms with Crippen molar-refractivity contribution in [2.45, 2.75) is 37.6 Å². The zero-order valence-corrected chi connectivity index (χ0v) is 11.7. The summed E-state index contributed by atoms with van der Waals surface area (Å²) in [6.45, 7) is 3.60. The molecule has 0 aromatic carbocycles. The van der Waals surface area contributed by atoms with E-state index in [-0.39, 0.29) is 5.54 Å². The predicted octanol–water partition coefficient (Wildman–Crippen LogP) is 1.27. The van der Waals surface area contributed by atoms with E-state index in [0.29, 0.717) is 11.8 Å². The van der Waals surface area contributed by atoms with Crippen LogP contribution >= 0.6 is 11.3 Å². The highest BCUT2D eigenvalue weighted by atomic mass is 32.1. The number of hydrogen-bond acceptors (Lipinski definition) is 6. The van der Waals surface area contributed by atoms with Gasteiger partial charge >= 0.3 is 0 Å². The Hall–Kier alpha value is -1.05. The van der Waals surface area contributed by atoms with E-state index >= 15 is 0 Å². The number of fused-ring (bicyclic) bond motifs is 1. The second-order valence-electron chi connectivity index (χ2n) is 5.78. The molecule has 3 heterocycles. The minimum absolute atomic E-state index is 0.315. The molecule has 0 bridgehead atoms. The molecule has 2 N–H and O–H groups in total. The van der Waals surface area contributed by atoms with E-state index in [4.69, 9.17) is 10.5 Å². The zero-order valence-electron chi connectivity index (χ0n) is 10.9. The molecule has 1 aliphatic carbocycles. The Morgan fingerprint density at radius 3 is 2.89 bits per heavy atom. The molecule has 1 saturated heterocycles. The Balaban J connectivity index is 1.75. The van der Waals surface area contributed by atoms with Gasteiger partial charge in [-0.3, -0.25) is 0 Å². The fourth-order valence-corrected chi connectivity index (χ4v) is 3.68. The first-order valence-corrected chi connectivity index (χ1v) is 7.57. The number of nitrogens with zero attached hydrogens (tertiary/aromatic N) is 4. The van der Waals surface area contributed by atoms with Gasteiger partial charge in [-0.1, -0.05) is 11.3 Å². The maximum absolute atomic E-state index is 6.43. The van der Waals surface area contributed by atoms with E-state index in [1.54, 1.807) is 11.3 Å². The summed E-state index contributed by atoms with van der Waals surface area (Å²) in [6.07, 6.45) is 3.41. The molecule has 2 atom stereocenters. The van der Waals surface area contributed by atoms with Gasteiger partial charge in [0.05, 0.1) is 12.1 Å². The zero-order chi connectivity index (χ0) is 13.0. The van der Waals surface area contributed by atoms with Crippen molar-refractivity contribution in [1.82, 2.24) is 19.8 Å². The lowest BCUT2D eigenvalue weighted by Gasteiger charge is -2.20. The first-order valence-electron chi connectivity index (χ1n) is 6.75. The third kappa shape index (κ3) is 1.79. The highest BCUT2D eigenvalue weighted by Crippen LogP contribution is 2.44. The summed E-state index contributed by atoms with van der Waals surface area (Å²) >= 11 is 1.56. The molecule has 4 rings (SSSR count). The topological polar surface area (TPSA) is 78.3 Å². The lowest BCUT2D eigenvalue weighted by atomic mass is 9.99. The summed E-state index contributed by atoms with van der Waals surface area (Å²) in [5.74, 6) is 1.80. The van der Waals surface area contributed by atoms with Crippen LogP contribution in [0.2, 0.25) is 0 Å². The number of aromatic nitrogens is 4. The summed E-state index contributed by atoms with van der Waals surface area (Å²) in [4.78, 5) is 0.842. The van der Waals surface area contributed by atoms with Crippen LogP contribution in [0.4, 0.5) is 0 Å². The summed E-state index contributed by atoms with van der Waals surface area (Å²) in [5.41, 5.74) is 6.11. The third-order valence-electron chi connectivity index (χ3n) is 4.20. The van der Waals surface area contributed by atoms with Crippen molar-refractivity contribution in [2.24, 2.45) is 11.7 Å². The molecule has 1 aliphatic heterocycles. The van der Waals surface area contributed by atoms with Crippen LogP contribution in [0.1, 0.15) is 42.9 Å². The van der Waals surface area contributed by atoms with Crippen molar-refractivity contribution in [2.75, 3.05) is 13.2 Å². The number of rotatable bonds is 3. The number of ether oxygens (including phenoxy) is 1. The lowest BCUT2D eigenvalue weighted by molar-refractivity contribution is 0.193. The van der Waals surface area contributed by atoms with Gasteiger partial charge in [0.1, 0.15) is 5.01 Å². The van der Waals surface area contributed by atoms with Gasteiger partial charge in [0.25, 0.3) is 0 Å². The van der Waals surface area contributed by atoms with Crippen molar-refractivity contribution < 1.29 is 4.74 Å². The average molecular weight is 279 g/mol.